The van der Waals surface area contributed by atoms with Crippen LogP contribution in [0, 0.1) is 0 Å². The Kier molecular flexibility index (Phi) is 4.57. The first-order chi connectivity index (χ1) is 4.70. The van der Waals surface area contributed by atoms with Gasteiger partial charge >= 0.3 is 0 Å². The number of amides is 1. The molecule has 0 fully saturated rings. The van der Waals surface area contributed by atoms with Gasteiger partial charge in [0.05, 0.1) is 12.5 Å². The van der Waals surface area contributed by atoms with Crippen LogP contribution in [0.3, 0.4) is 0 Å². The van der Waals surface area contributed by atoms with Crippen molar-refractivity contribution in [2.75, 3.05) is 7.11 Å². The van der Waals surface area contributed by atoms with Gasteiger partial charge in [-0.25, -0.2) is 0 Å². The van der Waals surface area contributed by atoms with E-state index < -0.39 is 5.37 Å². The molecular weight excluding hydrogens is 154 g/mol. The standard InChI is InChI=1S/C5H9NO3S/c1-9-5(8)2-4(10)6-3-7/h2-4,8,10H,1H3,(H,6,7)/b5-2-. The summed E-state index contributed by atoms with van der Waals surface area (Å²) in [5.41, 5.74) is 0. The largest absolute Gasteiger partial charge is 0.481 e. The van der Waals surface area contributed by atoms with Crippen LogP contribution in [0.25, 0.3) is 0 Å². The minimum Gasteiger partial charge on any atom is -0.481 e. The Morgan fingerprint density at radius 3 is 2.90 bits per heavy atom. The van der Waals surface area contributed by atoms with E-state index in [4.69, 9.17) is 5.11 Å². The zero-order valence-electron chi connectivity index (χ0n) is 5.44. The predicted octanol–water partition coefficient (Wildman–Crippen LogP) is 0.0341. The van der Waals surface area contributed by atoms with E-state index >= 15 is 0 Å². The van der Waals surface area contributed by atoms with Crippen LogP contribution in [0.2, 0.25) is 0 Å². The topological polar surface area (TPSA) is 58.6 Å². The lowest BCUT2D eigenvalue weighted by Crippen LogP contribution is -2.20. The van der Waals surface area contributed by atoms with E-state index in [1.54, 1.807) is 0 Å². The lowest BCUT2D eigenvalue weighted by atomic mass is 10.6. The molecule has 0 saturated heterocycles. The monoisotopic (exact) mass is 163 g/mol. The number of hydrogen-bond acceptors (Lipinski definition) is 4. The van der Waals surface area contributed by atoms with Gasteiger partial charge in [0.25, 0.3) is 5.95 Å². The summed E-state index contributed by atoms with van der Waals surface area (Å²) in [6.07, 6.45) is 1.73. The van der Waals surface area contributed by atoms with E-state index in [1.165, 1.54) is 13.2 Å². The van der Waals surface area contributed by atoms with Crippen molar-refractivity contribution in [3.8, 4) is 0 Å². The fraction of sp³-hybridized carbons (Fsp3) is 0.400. The molecule has 0 spiro atoms. The molecule has 0 aromatic carbocycles. The smallest absolute Gasteiger partial charge is 0.275 e. The van der Waals surface area contributed by atoms with Crippen molar-refractivity contribution in [3.63, 3.8) is 0 Å². The highest BCUT2D eigenvalue weighted by Gasteiger charge is 1.97. The highest BCUT2D eigenvalue weighted by molar-refractivity contribution is 7.81. The lowest BCUT2D eigenvalue weighted by Gasteiger charge is -2.02. The van der Waals surface area contributed by atoms with Gasteiger partial charge in [-0.3, -0.25) is 4.79 Å². The molecule has 0 bridgehead atoms. The third kappa shape index (κ3) is 4.08. The van der Waals surface area contributed by atoms with Crippen molar-refractivity contribution in [1.29, 1.82) is 0 Å². The van der Waals surface area contributed by atoms with E-state index in [-0.39, 0.29) is 5.95 Å². The number of carbonyl (C=O) groups is 1. The third-order valence-electron chi connectivity index (χ3n) is 0.748. The van der Waals surface area contributed by atoms with Gasteiger partial charge in [0.2, 0.25) is 6.41 Å². The molecule has 0 radical (unpaired) electrons. The number of aliphatic hydroxyl groups excluding tert-OH is 1. The first kappa shape index (κ1) is 9.16. The fourth-order valence-corrected chi connectivity index (χ4v) is 0.509. The maximum absolute atomic E-state index is 9.77. The van der Waals surface area contributed by atoms with Gasteiger partial charge in [-0.15, -0.1) is 0 Å². The normalized spacial score (nSPS) is 14.0. The second-order valence-electron chi connectivity index (χ2n) is 1.44. The molecule has 58 valence electrons. The second kappa shape index (κ2) is 4.99. The molecule has 0 rings (SSSR count). The summed E-state index contributed by atoms with van der Waals surface area (Å²) >= 11 is 3.84. The van der Waals surface area contributed by atoms with Gasteiger partial charge in [0.1, 0.15) is 0 Å². The quantitative estimate of drug-likeness (QED) is 0.237. The van der Waals surface area contributed by atoms with Gasteiger partial charge in [0.15, 0.2) is 0 Å². The molecule has 0 aromatic rings. The molecule has 0 heterocycles. The van der Waals surface area contributed by atoms with Gasteiger partial charge in [-0.2, -0.15) is 12.6 Å². The van der Waals surface area contributed by atoms with Crippen LogP contribution < -0.4 is 5.32 Å². The van der Waals surface area contributed by atoms with E-state index in [0.717, 1.165) is 0 Å². The number of methoxy groups -OCH3 is 1. The van der Waals surface area contributed by atoms with Crippen molar-refractivity contribution < 1.29 is 14.6 Å². The summed E-state index contributed by atoms with van der Waals surface area (Å²) in [4.78, 5) is 9.77. The molecule has 0 aliphatic carbocycles. The molecular formula is C5H9NO3S. The highest BCUT2D eigenvalue weighted by atomic mass is 32.1. The van der Waals surface area contributed by atoms with Crippen molar-refractivity contribution in [3.05, 3.63) is 12.0 Å². The number of aliphatic hydroxyl groups is 1. The maximum Gasteiger partial charge on any atom is 0.275 e. The second-order valence-corrected chi connectivity index (χ2v) is 1.99. The lowest BCUT2D eigenvalue weighted by molar-refractivity contribution is -0.109. The van der Waals surface area contributed by atoms with Crippen molar-refractivity contribution >= 4 is 19.0 Å². The minimum atomic E-state index is -0.516. The third-order valence-corrected chi connectivity index (χ3v) is 1.05. The van der Waals surface area contributed by atoms with Crippen LogP contribution in [0.1, 0.15) is 0 Å². The van der Waals surface area contributed by atoms with E-state index in [1.807, 2.05) is 0 Å². The first-order valence-electron chi connectivity index (χ1n) is 2.53. The van der Waals surface area contributed by atoms with Crippen LogP contribution in [0.15, 0.2) is 12.0 Å². The summed E-state index contributed by atoms with van der Waals surface area (Å²) in [6.45, 7) is 0. The zero-order chi connectivity index (χ0) is 7.98. The van der Waals surface area contributed by atoms with E-state index in [0.29, 0.717) is 6.41 Å². The highest BCUT2D eigenvalue weighted by Crippen LogP contribution is 1.95. The van der Waals surface area contributed by atoms with Gasteiger partial charge in [-0.05, 0) is 0 Å². The van der Waals surface area contributed by atoms with E-state index in [2.05, 4.69) is 22.7 Å². The van der Waals surface area contributed by atoms with Gasteiger partial charge in [-0.1, -0.05) is 0 Å². The summed E-state index contributed by atoms with van der Waals surface area (Å²) in [5, 5.41) is 10.5. The van der Waals surface area contributed by atoms with Gasteiger partial charge in [0, 0.05) is 6.08 Å². The Morgan fingerprint density at radius 1 is 1.90 bits per heavy atom. The van der Waals surface area contributed by atoms with Crippen molar-refractivity contribution in [2.24, 2.45) is 0 Å². The van der Waals surface area contributed by atoms with Crippen molar-refractivity contribution in [2.45, 2.75) is 5.37 Å². The number of rotatable bonds is 4. The average molecular weight is 163 g/mol. The Labute approximate surface area is 64.3 Å². The SMILES string of the molecule is CO/C(O)=C\C(S)NC=O. The number of hydrogen-bond donors (Lipinski definition) is 3. The van der Waals surface area contributed by atoms with Crippen LogP contribution in [0.4, 0.5) is 0 Å². The molecule has 0 aliphatic heterocycles. The predicted molar refractivity (Wildman–Crippen MR) is 39.7 cm³/mol. The number of carbonyl (C=O) groups excluding carboxylic acids is 1. The Bertz CT molecular complexity index is 137. The van der Waals surface area contributed by atoms with Crippen molar-refractivity contribution in [1.82, 2.24) is 5.32 Å². The number of ether oxygens (including phenoxy) is 1. The molecule has 1 atom stereocenters. The summed E-state index contributed by atoms with van der Waals surface area (Å²) < 4.78 is 4.38. The summed E-state index contributed by atoms with van der Waals surface area (Å²) in [5.74, 6) is -0.269. The van der Waals surface area contributed by atoms with Crippen LogP contribution in [-0.4, -0.2) is 24.0 Å². The Balaban J connectivity index is 3.73. The number of nitrogens with one attached hydrogen (secondary N) is 1. The first-order valence-corrected chi connectivity index (χ1v) is 3.05. The molecule has 0 saturated carbocycles. The van der Waals surface area contributed by atoms with Gasteiger partial charge < -0.3 is 15.2 Å². The molecule has 1 amide bonds. The summed E-state index contributed by atoms with van der Waals surface area (Å²) in [7, 11) is 1.31. The number of thiol groups is 1. The Hall–Kier alpha value is -0.840. The van der Waals surface area contributed by atoms with Crippen LogP contribution in [0.5, 0.6) is 0 Å². The average Bonchev–Trinajstić information content (AvgIpc) is 1.88. The Morgan fingerprint density at radius 2 is 2.50 bits per heavy atom. The summed E-state index contributed by atoms with van der Waals surface area (Å²) in [6, 6.07) is 0. The van der Waals surface area contributed by atoms with Crippen LogP contribution >= 0.6 is 12.6 Å². The zero-order valence-corrected chi connectivity index (χ0v) is 6.34. The molecule has 1 unspecified atom stereocenters. The fourth-order valence-electron chi connectivity index (χ4n) is 0.321. The molecule has 10 heavy (non-hydrogen) atoms. The maximum atomic E-state index is 9.77. The molecule has 0 aromatic heterocycles. The van der Waals surface area contributed by atoms with E-state index in [9.17, 15) is 4.79 Å². The minimum absolute atomic E-state index is 0.269. The molecule has 5 heteroatoms. The molecule has 4 nitrogen and oxygen atoms in total. The van der Waals surface area contributed by atoms with Crippen LogP contribution in [-0.2, 0) is 9.53 Å². The molecule has 2 N–H and O–H groups in total. The molecule has 0 aliphatic rings.